The standard InChI is InChI=1S/C28H36ClNO11/c1-28(2,3)41-27(35)30-12-15-7-6-8-16(9-15)14-38-20-11-19(36-4)17(10-18(20)29)25(34)40-24-23(33)22(32)21(13-31)39-26(24)37-5/h6-11,21-24,26,31-33H,12-14H2,1-5H3,(H,30,35)/t21-,22-,23+,24-,26+/m1/s1. The van der Waals surface area contributed by atoms with Crippen molar-refractivity contribution in [2.24, 2.45) is 0 Å². The van der Waals surface area contributed by atoms with Gasteiger partial charge in [0.15, 0.2) is 12.4 Å². The first-order chi connectivity index (χ1) is 19.4. The number of amides is 1. The van der Waals surface area contributed by atoms with Crippen LogP contribution in [-0.2, 0) is 32.1 Å². The van der Waals surface area contributed by atoms with Crippen LogP contribution in [0.1, 0.15) is 42.3 Å². The van der Waals surface area contributed by atoms with E-state index in [0.29, 0.717) is 0 Å². The minimum absolute atomic E-state index is 0.0686. The Morgan fingerprint density at radius 3 is 2.39 bits per heavy atom. The van der Waals surface area contributed by atoms with Crippen LogP contribution in [0.4, 0.5) is 4.79 Å². The van der Waals surface area contributed by atoms with Crippen LogP contribution in [0.5, 0.6) is 11.5 Å². The van der Waals surface area contributed by atoms with Gasteiger partial charge >= 0.3 is 12.1 Å². The highest BCUT2D eigenvalue weighted by molar-refractivity contribution is 6.32. The van der Waals surface area contributed by atoms with Gasteiger partial charge in [0.1, 0.15) is 47.6 Å². The SMILES string of the molecule is COc1cc(OCc2cccc(CNC(=O)OC(C)(C)C)c2)c(Cl)cc1C(=O)O[C@H]1[C@@H](OC)O[C@H](CO)[C@@H](O)[C@@H]1O. The third-order valence-corrected chi connectivity index (χ3v) is 6.29. The van der Waals surface area contributed by atoms with Crippen LogP contribution >= 0.6 is 11.6 Å². The maximum Gasteiger partial charge on any atom is 0.407 e. The number of hydrogen-bond acceptors (Lipinski definition) is 11. The fourth-order valence-electron chi connectivity index (χ4n) is 4.01. The van der Waals surface area contributed by atoms with Crippen molar-refractivity contribution in [1.82, 2.24) is 5.32 Å². The Morgan fingerprint density at radius 1 is 1.05 bits per heavy atom. The predicted molar refractivity (Wildman–Crippen MR) is 146 cm³/mol. The molecule has 41 heavy (non-hydrogen) atoms. The number of aliphatic hydroxyl groups excluding tert-OH is 3. The van der Waals surface area contributed by atoms with E-state index in [-0.39, 0.29) is 35.2 Å². The second-order valence-electron chi connectivity index (χ2n) is 10.3. The van der Waals surface area contributed by atoms with E-state index in [4.69, 9.17) is 40.0 Å². The second kappa shape index (κ2) is 14.2. The van der Waals surface area contributed by atoms with E-state index in [9.17, 15) is 24.9 Å². The van der Waals surface area contributed by atoms with E-state index in [0.717, 1.165) is 11.1 Å². The van der Waals surface area contributed by atoms with Gasteiger partial charge in [0.2, 0.25) is 0 Å². The van der Waals surface area contributed by atoms with Gasteiger partial charge in [0.05, 0.1) is 18.7 Å². The molecule has 1 heterocycles. The first-order valence-electron chi connectivity index (χ1n) is 12.8. The Balaban J connectivity index is 1.68. The molecule has 0 spiro atoms. The smallest absolute Gasteiger partial charge is 0.407 e. The van der Waals surface area contributed by atoms with E-state index in [1.807, 2.05) is 24.3 Å². The number of rotatable bonds is 10. The molecule has 1 amide bonds. The summed E-state index contributed by atoms with van der Waals surface area (Å²) in [6.07, 6.45) is -7.39. The number of methoxy groups -OCH3 is 2. The second-order valence-corrected chi connectivity index (χ2v) is 10.7. The zero-order valence-corrected chi connectivity index (χ0v) is 24.2. The summed E-state index contributed by atoms with van der Waals surface area (Å²) in [5.41, 5.74) is 0.957. The molecule has 0 aliphatic carbocycles. The van der Waals surface area contributed by atoms with Crippen molar-refractivity contribution < 1.29 is 53.3 Å². The van der Waals surface area contributed by atoms with E-state index in [1.54, 1.807) is 20.8 Å². The van der Waals surface area contributed by atoms with Gasteiger partial charge in [-0.15, -0.1) is 0 Å². The zero-order chi connectivity index (χ0) is 30.3. The van der Waals surface area contributed by atoms with Crippen molar-refractivity contribution in [3.8, 4) is 11.5 Å². The van der Waals surface area contributed by atoms with Crippen LogP contribution in [0.25, 0.3) is 0 Å². The Bertz CT molecular complexity index is 1200. The van der Waals surface area contributed by atoms with Gasteiger partial charge in [-0.2, -0.15) is 0 Å². The summed E-state index contributed by atoms with van der Waals surface area (Å²) in [5.74, 6) is -0.613. The molecule has 2 aromatic rings. The number of nitrogens with one attached hydrogen (secondary N) is 1. The van der Waals surface area contributed by atoms with Gasteiger partial charge in [-0.25, -0.2) is 9.59 Å². The molecule has 12 nitrogen and oxygen atoms in total. The van der Waals surface area contributed by atoms with Crippen molar-refractivity contribution in [3.05, 3.63) is 58.1 Å². The highest BCUT2D eigenvalue weighted by Gasteiger charge is 2.47. The molecule has 13 heteroatoms. The number of esters is 1. The molecule has 5 atom stereocenters. The molecular formula is C28H36ClNO11. The van der Waals surface area contributed by atoms with E-state index in [2.05, 4.69) is 5.32 Å². The molecule has 4 N–H and O–H groups in total. The number of ether oxygens (including phenoxy) is 6. The lowest BCUT2D eigenvalue weighted by Gasteiger charge is -2.40. The van der Waals surface area contributed by atoms with E-state index < -0.39 is 55.0 Å². The molecule has 3 rings (SSSR count). The number of halogens is 1. The average molecular weight is 598 g/mol. The van der Waals surface area contributed by atoms with Crippen molar-refractivity contribution in [1.29, 1.82) is 0 Å². The van der Waals surface area contributed by atoms with Crippen LogP contribution in [-0.4, -0.2) is 84.5 Å². The number of carbonyl (C=O) groups excluding carboxylic acids is 2. The monoisotopic (exact) mass is 597 g/mol. The largest absolute Gasteiger partial charge is 0.496 e. The number of benzene rings is 2. The summed E-state index contributed by atoms with van der Waals surface area (Å²) in [7, 11) is 2.61. The van der Waals surface area contributed by atoms with Gasteiger partial charge in [-0.1, -0.05) is 35.9 Å². The Hall–Kier alpha value is -3.13. The Morgan fingerprint density at radius 2 is 1.76 bits per heavy atom. The topological polar surface area (TPSA) is 162 Å². The summed E-state index contributed by atoms with van der Waals surface area (Å²) in [6, 6.07) is 10.1. The third-order valence-electron chi connectivity index (χ3n) is 6.00. The first kappa shape index (κ1) is 32.4. The highest BCUT2D eigenvalue weighted by atomic mass is 35.5. The van der Waals surface area contributed by atoms with Gasteiger partial charge in [0, 0.05) is 19.7 Å². The molecule has 0 saturated carbocycles. The molecule has 1 saturated heterocycles. The minimum Gasteiger partial charge on any atom is -0.496 e. The molecule has 0 unspecified atom stereocenters. The minimum atomic E-state index is -1.59. The number of aliphatic hydroxyl groups is 3. The molecule has 1 fully saturated rings. The van der Waals surface area contributed by atoms with Crippen LogP contribution in [0.15, 0.2) is 36.4 Å². The number of carbonyl (C=O) groups is 2. The molecule has 0 bridgehead atoms. The predicted octanol–water partition coefficient (Wildman–Crippen LogP) is 2.56. The van der Waals surface area contributed by atoms with Crippen molar-refractivity contribution in [2.75, 3.05) is 20.8 Å². The lowest BCUT2D eigenvalue weighted by atomic mass is 9.99. The van der Waals surface area contributed by atoms with E-state index in [1.165, 1.54) is 26.4 Å². The maximum atomic E-state index is 13.0. The summed E-state index contributed by atoms with van der Waals surface area (Å²) < 4.78 is 32.4. The number of alkyl carbamates (subject to hydrolysis) is 1. The summed E-state index contributed by atoms with van der Waals surface area (Å²) >= 11 is 6.41. The third kappa shape index (κ3) is 8.68. The molecule has 0 radical (unpaired) electrons. The van der Waals surface area contributed by atoms with Crippen LogP contribution in [0, 0.1) is 0 Å². The van der Waals surface area contributed by atoms with E-state index >= 15 is 0 Å². The van der Waals surface area contributed by atoms with Gasteiger partial charge in [0.25, 0.3) is 0 Å². The normalized spacial score (nSPS) is 22.5. The highest BCUT2D eigenvalue weighted by Crippen LogP contribution is 2.35. The Labute approximate surface area is 243 Å². The maximum absolute atomic E-state index is 13.0. The van der Waals surface area contributed by atoms with Gasteiger partial charge in [-0.05, 0) is 38.0 Å². The lowest BCUT2D eigenvalue weighted by Crippen LogP contribution is -2.60. The molecule has 2 aromatic carbocycles. The molecule has 226 valence electrons. The fourth-order valence-corrected chi connectivity index (χ4v) is 4.23. The molecular weight excluding hydrogens is 562 g/mol. The lowest BCUT2D eigenvalue weighted by molar-refractivity contribution is -0.293. The summed E-state index contributed by atoms with van der Waals surface area (Å²) in [6.45, 7) is 5.16. The molecule has 0 aromatic heterocycles. The summed E-state index contributed by atoms with van der Waals surface area (Å²) in [5, 5.41) is 32.8. The Kier molecular flexibility index (Phi) is 11.2. The molecule has 1 aliphatic heterocycles. The van der Waals surface area contributed by atoms with Crippen molar-refractivity contribution in [2.45, 2.75) is 70.2 Å². The fraction of sp³-hybridized carbons (Fsp3) is 0.500. The van der Waals surface area contributed by atoms with Crippen LogP contribution in [0.3, 0.4) is 0 Å². The van der Waals surface area contributed by atoms with Crippen LogP contribution < -0.4 is 14.8 Å². The van der Waals surface area contributed by atoms with Gasteiger partial charge < -0.3 is 49.1 Å². The van der Waals surface area contributed by atoms with Crippen molar-refractivity contribution in [3.63, 3.8) is 0 Å². The number of hydrogen-bond donors (Lipinski definition) is 4. The summed E-state index contributed by atoms with van der Waals surface area (Å²) in [4.78, 5) is 25.0. The molecule has 1 aliphatic rings. The van der Waals surface area contributed by atoms with Crippen LogP contribution in [0.2, 0.25) is 5.02 Å². The van der Waals surface area contributed by atoms with Gasteiger partial charge in [-0.3, -0.25) is 0 Å². The van der Waals surface area contributed by atoms with Crippen molar-refractivity contribution >= 4 is 23.7 Å². The quantitative estimate of drug-likeness (QED) is 0.298. The first-order valence-corrected chi connectivity index (χ1v) is 13.2. The average Bonchev–Trinajstić information content (AvgIpc) is 2.93. The zero-order valence-electron chi connectivity index (χ0n) is 23.5.